The summed E-state index contributed by atoms with van der Waals surface area (Å²) in [7, 11) is 0. The second-order valence-corrected chi connectivity index (χ2v) is 12.2. The maximum Gasteiger partial charge on any atom is 0.251 e. The average Bonchev–Trinajstić information content (AvgIpc) is 2.98. The Hall–Kier alpha value is -4.20. The van der Waals surface area contributed by atoms with Crippen LogP contribution in [0.2, 0.25) is 0 Å². The zero-order chi connectivity index (χ0) is 30.1. The van der Waals surface area contributed by atoms with E-state index in [2.05, 4.69) is 15.6 Å². The van der Waals surface area contributed by atoms with Crippen molar-refractivity contribution in [2.45, 2.75) is 89.4 Å². The largest absolute Gasteiger partial charge is 0.487 e. The number of para-hydroxylation sites is 1. The second-order valence-electron chi connectivity index (χ2n) is 12.2. The van der Waals surface area contributed by atoms with Gasteiger partial charge in [-0.15, -0.1) is 0 Å². The molecule has 1 unspecified atom stereocenters. The van der Waals surface area contributed by atoms with Crippen LogP contribution in [0.4, 0.5) is 0 Å². The molecule has 0 spiro atoms. The van der Waals surface area contributed by atoms with Crippen LogP contribution in [0.25, 0.3) is 0 Å². The molecule has 0 bridgehead atoms. The molecule has 3 aromatic rings. The van der Waals surface area contributed by atoms with Crippen molar-refractivity contribution >= 4 is 17.8 Å². The number of hydrogen-bond donors (Lipinski definition) is 3. The molecule has 5 rings (SSSR count). The van der Waals surface area contributed by atoms with E-state index in [1.807, 2.05) is 89.2 Å². The first-order valence-electron chi connectivity index (χ1n) is 14.8. The molecule has 2 amide bonds. The van der Waals surface area contributed by atoms with Gasteiger partial charge in [-0.05, 0) is 62.1 Å². The summed E-state index contributed by atoms with van der Waals surface area (Å²) in [6, 6.07) is 18.4. The first kappa shape index (κ1) is 29.3. The Morgan fingerprint density at radius 1 is 1.12 bits per heavy atom. The van der Waals surface area contributed by atoms with Crippen LogP contribution >= 0.6 is 0 Å². The van der Waals surface area contributed by atoms with Gasteiger partial charge in [-0.3, -0.25) is 24.9 Å². The molecule has 8 nitrogen and oxygen atoms in total. The van der Waals surface area contributed by atoms with E-state index < -0.39 is 17.2 Å². The van der Waals surface area contributed by atoms with E-state index in [0.717, 1.165) is 35.3 Å². The predicted molar refractivity (Wildman–Crippen MR) is 163 cm³/mol. The minimum Gasteiger partial charge on any atom is -0.487 e. The fourth-order valence-corrected chi connectivity index (χ4v) is 6.35. The number of rotatable bonds is 8. The first-order valence-corrected chi connectivity index (χ1v) is 14.8. The highest BCUT2D eigenvalue weighted by atomic mass is 16.5. The monoisotopic (exact) mass is 567 g/mol. The average molecular weight is 568 g/mol. The van der Waals surface area contributed by atoms with Crippen molar-refractivity contribution in [3.8, 4) is 5.75 Å². The molecule has 3 heterocycles. The second kappa shape index (κ2) is 11.6. The SMILES string of the molecule is CCC1(CC)CC(=O)N([C@@H](c2cccc(C(=O)N[C@H]3CC(C)(C)Oc4ccccc43)c2)C(C)c2cccnc2)C(=N)N1. The van der Waals surface area contributed by atoms with Gasteiger partial charge in [0.1, 0.15) is 11.4 Å². The molecule has 3 N–H and O–H groups in total. The van der Waals surface area contributed by atoms with Gasteiger partial charge in [0.25, 0.3) is 5.91 Å². The van der Waals surface area contributed by atoms with Gasteiger partial charge >= 0.3 is 0 Å². The van der Waals surface area contributed by atoms with Crippen LogP contribution in [0.15, 0.2) is 73.1 Å². The molecule has 1 saturated heterocycles. The van der Waals surface area contributed by atoms with E-state index in [1.165, 1.54) is 0 Å². The Morgan fingerprint density at radius 3 is 2.55 bits per heavy atom. The van der Waals surface area contributed by atoms with Crippen LogP contribution in [0.5, 0.6) is 5.75 Å². The molecule has 2 aliphatic heterocycles. The highest BCUT2D eigenvalue weighted by Gasteiger charge is 2.44. The fourth-order valence-electron chi connectivity index (χ4n) is 6.35. The van der Waals surface area contributed by atoms with Gasteiger partial charge in [-0.2, -0.15) is 0 Å². The lowest BCUT2D eigenvalue weighted by Gasteiger charge is -2.46. The van der Waals surface area contributed by atoms with Gasteiger partial charge in [0.05, 0.1) is 18.5 Å². The normalized spacial score (nSPS) is 20.5. The van der Waals surface area contributed by atoms with Crippen molar-refractivity contribution < 1.29 is 14.3 Å². The number of fused-ring (bicyclic) bond motifs is 1. The Labute approximate surface area is 248 Å². The van der Waals surface area contributed by atoms with Crippen molar-refractivity contribution in [1.29, 1.82) is 5.41 Å². The Balaban J connectivity index is 1.49. The van der Waals surface area contributed by atoms with Gasteiger partial charge < -0.3 is 15.4 Å². The standard InChI is InChI=1S/C34H41N5O3/c1-6-34(7-2)20-29(40)39(32(35)38-34)30(22(3)25-14-11-17-36-21-25)23-12-10-13-24(18-23)31(41)37-27-19-33(4,5)42-28-16-9-8-15-26(27)28/h8-18,21-22,27,30H,6-7,19-20H2,1-5H3,(H2,35,38)(H,37,41)/t22?,27-,30+/m0/s1. The van der Waals surface area contributed by atoms with Gasteiger partial charge in [-0.1, -0.05) is 57.2 Å². The van der Waals surface area contributed by atoms with E-state index in [4.69, 9.17) is 10.1 Å². The number of benzene rings is 2. The zero-order valence-corrected chi connectivity index (χ0v) is 25.1. The van der Waals surface area contributed by atoms with Crippen LogP contribution in [-0.2, 0) is 4.79 Å². The smallest absolute Gasteiger partial charge is 0.251 e. The number of pyridine rings is 1. The van der Waals surface area contributed by atoms with Crippen molar-refractivity contribution in [3.05, 3.63) is 95.3 Å². The number of aromatic nitrogens is 1. The highest BCUT2D eigenvalue weighted by molar-refractivity contribution is 6.00. The maximum atomic E-state index is 13.8. The molecular formula is C34H41N5O3. The minimum absolute atomic E-state index is 0.0894. The van der Waals surface area contributed by atoms with E-state index in [0.29, 0.717) is 18.4 Å². The fraction of sp³-hybridized carbons (Fsp3) is 0.412. The molecule has 0 aliphatic carbocycles. The molecule has 1 aromatic heterocycles. The molecule has 1 fully saturated rings. The molecule has 0 saturated carbocycles. The van der Waals surface area contributed by atoms with Crippen LogP contribution in [0.1, 0.15) is 105 Å². The van der Waals surface area contributed by atoms with E-state index >= 15 is 0 Å². The van der Waals surface area contributed by atoms with Gasteiger partial charge in [0.2, 0.25) is 5.91 Å². The number of carbonyl (C=O) groups excluding carboxylic acids is 2. The van der Waals surface area contributed by atoms with Gasteiger partial charge in [0, 0.05) is 41.4 Å². The van der Waals surface area contributed by atoms with Crippen LogP contribution in [0.3, 0.4) is 0 Å². The summed E-state index contributed by atoms with van der Waals surface area (Å²) in [6.07, 6.45) is 5.95. The van der Waals surface area contributed by atoms with Crippen LogP contribution in [-0.4, -0.2) is 38.8 Å². The van der Waals surface area contributed by atoms with Crippen LogP contribution < -0.4 is 15.4 Å². The Kier molecular flexibility index (Phi) is 8.08. The minimum atomic E-state index is -0.510. The number of nitrogens with zero attached hydrogens (tertiary/aromatic N) is 2. The lowest BCUT2D eigenvalue weighted by atomic mass is 9.83. The first-order chi connectivity index (χ1) is 20.1. The van der Waals surface area contributed by atoms with Crippen molar-refractivity contribution in [2.24, 2.45) is 0 Å². The quantitative estimate of drug-likeness (QED) is 0.297. The summed E-state index contributed by atoms with van der Waals surface area (Å²) in [5, 5.41) is 15.6. The molecule has 2 aliphatic rings. The number of guanidine groups is 1. The molecule has 8 heteroatoms. The third-order valence-electron chi connectivity index (χ3n) is 8.87. The Morgan fingerprint density at radius 2 is 1.86 bits per heavy atom. The van der Waals surface area contributed by atoms with E-state index in [-0.39, 0.29) is 29.7 Å². The number of nitrogens with one attached hydrogen (secondary N) is 3. The molecule has 3 atom stereocenters. The summed E-state index contributed by atoms with van der Waals surface area (Å²) in [5.41, 5.74) is 2.33. The maximum absolute atomic E-state index is 13.8. The number of carbonyl (C=O) groups is 2. The number of hydrogen-bond acceptors (Lipinski definition) is 5. The van der Waals surface area contributed by atoms with Crippen molar-refractivity contribution in [1.82, 2.24) is 20.5 Å². The van der Waals surface area contributed by atoms with Crippen molar-refractivity contribution in [3.63, 3.8) is 0 Å². The summed E-state index contributed by atoms with van der Waals surface area (Å²) >= 11 is 0. The summed E-state index contributed by atoms with van der Waals surface area (Å²) in [5.74, 6) is 0.381. The lowest BCUT2D eigenvalue weighted by Crippen LogP contribution is -2.62. The summed E-state index contributed by atoms with van der Waals surface area (Å²) in [6.45, 7) is 10.2. The van der Waals surface area contributed by atoms with Crippen LogP contribution in [0, 0.1) is 5.41 Å². The molecule has 0 radical (unpaired) electrons. The predicted octanol–water partition coefficient (Wildman–Crippen LogP) is 6.27. The van der Waals surface area contributed by atoms with Gasteiger partial charge in [0.15, 0.2) is 5.96 Å². The molecule has 220 valence electrons. The van der Waals surface area contributed by atoms with Crippen molar-refractivity contribution in [2.75, 3.05) is 0 Å². The zero-order valence-electron chi connectivity index (χ0n) is 25.1. The topological polar surface area (TPSA) is 107 Å². The third kappa shape index (κ3) is 5.75. The third-order valence-corrected chi connectivity index (χ3v) is 8.87. The molecular weight excluding hydrogens is 526 g/mol. The molecule has 2 aromatic carbocycles. The number of amides is 2. The summed E-state index contributed by atoms with van der Waals surface area (Å²) < 4.78 is 6.15. The Bertz CT molecular complexity index is 1450. The number of ether oxygens (including phenoxy) is 1. The van der Waals surface area contributed by atoms with E-state index in [9.17, 15) is 9.59 Å². The summed E-state index contributed by atoms with van der Waals surface area (Å²) in [4.78, 5) is 33.4. The van der Waals surface area contributed by atoms with E-state index in [1.54, 1.807) is 23.4 Å². The lowest BCUT2D eigenvalue weighted by molar-refractivity contribution is -0.133. The molecule has 42 heavy (non-hydrogen) atoms. The van der Waals surface area contributed by atoms with Gasteiger partial charge in [-0.25, -0.2) is 0 Å². The highest BCUT2D eigenvalue weighted by Crippen LogP contribution is 2.41.